The summed E-state index contributed by atoms with van der Waals surface area (Å²) in [6, 6.07) is 30.1. The second-order valence-electron chi connectivity index (χ2n) is 9.13. The van der Waals surface area contributed by atoms with Crippen LogP contribution in [0.5, 0.6) is 0 Å². The van der Waals surface area contributed by atoms with Crippen LogP contribution in [0.25, 0.3) is 49.8 Å². The number of amides is 1. The highest BCUT2D eigenvalue weighted by molar-refractivity contribution is 6.27. The Kier molecular flexibility index (Phi) is 4.71. The maximum atomic E-state index is 13.5. The van der Waals surface area contributed by atoms with E-state index in [1.165, 1.54) is 0 Å². The zero-order chi connectivity index (χ0) is 24.1. The molecule has 0 saturated carbocycles. The normalized spacial score (nSPS) is 12.8. The van der Waals surface area contributed by atoms with Crippen LogP contribution in [0.3, 0.4) is 0 Å². The van der Waals surface area contributed by atoms with Gasteiger partial charge in [-0.1, -0.05) is 72.8 Å². The highest BCUT2D eigenvalue weighted by atomic mass is 16.4. The summed E-state index contributed by atoms with van der Waals surface area (Å²) in [6.07, 6.45) is 6.00. The Balaban J connectivity index is 1.50. The van der Waals surface area contributed by atoms with Crippen LogP contribution in [0.4, 0.5) is 5.69 Å². The monoisotopic (exact) mass is 466 g/mol. The predicted molar refractivity (Wildman–Crippen MR) is 146 cm³/mol. The van der Waals surface area contributed by atoms with Crippen molar-refractivity contribution in [1.29, 1.82) is 0 Å². The number of nitrogens with zero attached hydrogens (tertiary/aromatic N) is 1. The number of carbonyl (C=O) groups excluding carboxylic acids is 1. The number of nitrogens with one attached hydrogen (secondary N) is 1. The number of para-hydroxylation sites is 1. The topological polar surface area (TPSA) is 55.1 Å². The van der Waals surface area contributed by atoms with Gasteiger partial charge >= 0.3 is 0 Å². The highest BCUT2D eigenvalue weighted by Crippen LogP contribution is 2.40. The summed E-state index contributed by atoms with van der Waals surface area (Å²) in [5, 5.41) is 9.32. The van der Waals surface area contributed by atoms with E-state index in [-0.39, 0.29) is 5.91 Å². The van der Waals surface area contributed by atoms with E-state index in [0.717, 1.165) is 67.9 Å². The van der Waals surface area contributed by atoms with E-state index in [0.29, 0.717) is 11.5 Å². The van der Waals surface area contributed by atoms with Crippen molar-refractivity contribution in [3.05, 3.63) is 114 Å². The third-order valence-electron chi connectivity index (χ3n) is 6.91. The molecule has 1 aromatic heterocycles. The van der Waals surface area contributed by atoms with Crippen LogP contribution in [0.2, 0.25) is 0 Å². The molecule has 0 fully saturated rings. The van der Waals surface area contributed by atoms with E-state index in [9.17, 15) is 4.79 Å². The minimum atomic E-state index is -0.134. The first kappa shape index (κ1) is 20.7. The number of benzene rings is 5. The van der Waals surface area contributed by atoms with Crippen molar-refractivity contribution >= 4 is 50.0 Å². The summed E-state index contributed by atoms with van der Waals surface area (Å²) >= 11 is 0. The van der Waals surface area contributed by atoms with Crippen LogP contribution >= 0.6 is 0 Å². The fourth-order valence-electron chi connectivity index (χ4n) is 5.26. The number of hydrogen-bond donors (Lipinski definition) is 1. The van der Waals surface area contributed by atoms with Crippen LogP contribution < -0.4 is 5.32 Å². The Labute approximate surface area is 207 Å². The molecule has 4 heteroatoms. The maximum absolute atomic E-state index is 13.5. The van der Waals surface area contributed by atoms with Gasteiger partial charge in [0.2, 0.25) is 5.89 Å². The lowest BCUT2D eigenvalue weighted by Crippen LogP contribution is -2.12. The molecule has 4 nitrogen and oxygen atoms in total. The number of aromatic nitrogens is 1. The van der Waals surface area contributed by atoms with E-state index in [4.69, 9.17) is 9.40 Å². The predicted octanol–water partition coefficient (Wildman–Crippen LogP) is 8.01. The van der Waals surface area contributed by atoms with Gasteiger partial charge in [0.25, 0.3) is 5.91 Å². The molecule has 0 saturated heterocycles. The molecule has 0 spiro atoms. The molecule has 0 radical (unpaired) electrons. The molecule has 0 bridgehead atoms. The van der Waals surface area contributed by atoms with Crippen molar-refractivity contribution in [3.63, 3.8) is 0 Å². The molecule has 0 atom stereocenters. The largest absolute Gasteiger partial charge is 0.440 e. The van der Waals surface area contributed by atoms with E-state index in [1.807, 2.05) is 66.7 Å². The van der Waals surface area contributed by atoms with Crippen LogP contribution in [0, 0.1) is 0 Å². The molecule has 1 amide bonds. The number of aryl methyl sites for hydroxylation is 1. The first-order valence-electron chi connectivity index (χ1n) is 12.2. The fourth-order valence-corrected chi connectivity index (χ4v) is 5.26. The Hall–Kier alpha value is -4.70. The number of carbonyl (C=O) groups is 1. The van der Waals surface area contributed by atoms with Crippen LogP contribution in [0.1, 0.15) is 28.2 Å². The molecule has 0 unspecified atom stereocenters. The van der Waals surface area contributed by atoms with E-state index >= 15 is 0 Å². The Morgan fingerprint density at radius 3 is 2.28 bits per heavy atom. The van der Waals surface area contributed by atoms with Crippen molar-refractivity contribution in [2.75, 3.05) is 5.32 Å². The number of fused-ring (bicyclic) bond motifs is 6. The molecule has 1 N–H and O–H groups in total. The second kappa shape index (κ2) is 8.21. The van der Waals surface area contributed by atoms with Gasteiger partial charge in [0, 0.05) is 23.2 Å². The van der Waals surface area contributed by atoms with Gasteiger partial charge in [-0.15, -0.1) is 0 Å². The van der Waals surface area contributed by atoms with E-state index < -0.39 is 0 Å². The van der Waals surface area contributed by atoms with Gasteiger partial charge in [0.05, 0.1) is 0 Å². The van der Waals surface area contributed by atoms with Gasteiger partial charge in [-0.2, -0.15) is 0 Å². The number of rotatable bonds is 3. The first-order chi connectivity index (χ1) is 17.8. The minimum absolute atomic E-state index is 0.134. The number of anilines is 1. The van der Waals surface area contributed by atoms with Gasteiger partial charge in [-0.3, -0.25) is 4.79 Å². The van der Waals surface area contributed by atoms with Crippen molar-refractivity contribution in [2.45, 2.75) is 12.8 Å². The zero-order valence-corrected chi connectivity index (χ0v) is 19.5. The highest BCUT2D eigenvalue weighted by Gasteiger charge is 2.20. The quantitative estimate of drug-likeness (QED) is 0.269. The standard InChI is InChI=1S/C32H22N2O2/c35-31(33-21-10-2-1-3-11-21)26-18-20-19-27(32-34-28-16-8-9-17-29(28)36-32)23-13-5-7-15-25(23)30(20)24-14-6-4-12-22(24)26/h1-8,10-16,18-19H,9,17H2,(H,33,35). The van der Waals surface area contributed by atoms with Gasteiger partial charge < -0.3 is 9.73 Å². The molecular weight excluding hydrogens is 444 g/mol. The van der Waals surface area contributed by atoms with Gasteiger partial charge in [-0.25, -0.2) is 4.98 Å². The summed E-state index contributed by atoms with van der Waals surface area (Å²) in [5.41, 5.74) is 3.24. The molecule has 1 heterocycles. The third-order valence-corrected chi connectivity index (χ3v) is 6.91. The fraction of sp³-hybridized carbons (Fsp3) is 0.0625. The molecule has 5 aromatic carbocycles. The summed E-state index contributed by atoms with van der Waals surface area (Å²) in [6.45, 7) is 0. The van der Waals surface area contributed by atoms with Crippen LogP contribution in [0.15, 0.2) is 101 Å². The summed E-state index contributed by atoms with van der Waals surface area (Å²) in [4.78, 5) is 18.3. The Bertz CT molecular complexity index is 1830. The molecule has 1 aliphatic carbocycles. The average Bonchev–Trinajstić information content (AvgIpc) is 3.36. The molecule has 172 valence electrons. The van der Waals surface area contributed by atoms with E-state index in [1.54, 1.807) is 0 Å². The second-order valence-corrected chi connectivity index (χ2v) is 9.13. The summed E-state index contributed by atoms with van der Waals surface area (Å²) in [5.74, 6) is 1.41. The smallest absolute Gasteiger partial charge is 0.256 e. The van der Waals surface area contributed by atoms with Gasteiger partial charge in [0.15, 0.2) is 0 Å². The lowest BCUT2D eigenvalue weighted by atomic mass is 9.90. The third kappa shape index (κ3) is 3.30. The number of hydrogen-bond acceptors (Lipinski definition) is 3. The summed E-state index contributed by atoms with van der Waals surface area (Å²) < 4.78 is 6.25. The molecular formula is C32H22N2O2. The van der Waals surface area contributed by atoms with Crippen LogP contribution in [-0.2, 0) is 6.42 Å². The molecule has 7 rings (SSSR count). The minimum Gasteiger partial charge on any atom is -0.440 e. The molecule has 1 aliphatic rings. The van der Waals surface area contributed by atoms with Crippen molar-refractivity contribution < 1.29 is 9.21 Å². The maximum Gasteiger partial charge on any atom is 0.256 e. The number of allylic oxidation sites excluding steroid dienone is 1. The Morgan fingerprint density at radius 2 is 1.50 bits per heavy atom. The van der Waals surface area contributed by atoms with Gasteiger partial charge in [0.1, 0.15) is 11.5 Å². The first-order valence-corrected chi connectivity index (χ1v) is 12.2. The average molecular weight is 467 g/mol. The van der Waals surface area contributed by atoms with Crippen molar-refractivity contribution in [2.24, 2.45) is 0 Å². The molecule has 0 aliphatic heterocycles. The van der Waals surface area contributed by atoms with Crippen LogP contribution in [-0.4, -0.2) is 10.9 Å². The SMILES string of the molecule is O=C(Nc1ccccc1)c1cc2cc(-c3nc4c(o3)CCC=C4)c3ccccc3c2c2ccccc12. The van der Waals surface area contributed by atoms with Crippen molar-refractivity contribution in [3.8, 4) is 11.5 Å². The number of oxazole rings is 1. The lowest BCUT2D eigenvalue weighted by Gasteiger charge is -2.14. The summed E-state index contributed by atoms with van der Waals surface area (Å²) in [7, 11) is 0. The zero-order valence-electron chi connectivity index (χ0n) is 19.5. The van der Waals surface area contributed by atoms with Gasteiger partial charge in [-0.05, 0) is 69.1 Å². The van der Waals surface area contributed by atoms with Crippen molar-refractivity contribution in [1.82, 2.24) is 4.98 Å². The Morgan fingerprint density at radius 1 is 0.806 bits per heavy atom. The molecule has 6 aromatic rings. The lowest BCUT2D eigenvalue weighted by molar-refractivity contribution is 0.102. The molecule has 36 heavy (non-hydrogen) atoms. The van der Waals surface area contributed by atoms with E-state index in [2.05, 4.69) is 41.7 Å².